The number of carbonyl (C=O) groups is 2. The molecule has 0 heterocycles. The Hall–Kier alpha value is -2.04. The summed E-state index contributed by atoms with van der Waals surface area (Å²) in [5, 5.41) is 10.8. The molecule has 0 atom stereocenters. The summed E-state index contributed by atoms with van der Waals surface area (Å²) in [5.74, 6) is -0.428. The van der Waals surface area contributed by atoms with E-state index >= 15 is 0 Å². The predicted octanol–water partition coefficient (Wildman–Crippen LogP) is 2.47. The number of aryl methyl sites for hydroxylation is 1. The van der Waals surface area contributed by atoms with Crippen molar-refractivity contribution in [2.24, 2.45) is 5.92 Å². The number of nitro groups is 1. The number of ketones is 2. The van der Waals surface area contributed by atoms with E-state index < -0.39 is 10.8 Å². The zero-order chi connectivity index (χ0) is 13.8. The van der Waals surface area contributed by atoms with E-state index in [0.717, 1.165) is 0 Å². The van der Waals surface area contributed by atoms with Crippen molar-refractivity contribution in [2.75, 3.05) is 0 Å². The molecule has 100 valence electrons. The molecule has 0 saturated heterocycles. The van der Waals surface area contributed by atoms with Gasteiger partial charge in [-0.15, -0.1) is 0 Å². The Morgan fingerprint density at radius 2 is 1.79 bits per heavy atom. The minimum atomic E-state index is -0.470. The van der Waals surface area contributed by atoms with Crippen molar-refractivity contribution >= 4 is 17.3 Å². The molecule has 1 aliphatic carbocycles. The van der Waals surface area contributed by atoms with Crippen molar-refractivity contribution in [3.05, 3.63) is 39.9 Å². The summed E-state index contributed by atoms with van der Waals surface area (Å²) in [6.45, 7) is 0. The minimum absolute atomic E-state index is 0.0209. The Bertz CT molecular complexity index is 508. The molecule has 0 aromatic heterocycles. The SMILES string of the molecule is O=C1CCC(=O)C1CCCc1ccccc1[N+](=O)[O-]. The van der Waals surface area contributed by atoms with Gasteiger partial charge in [-0.05, 0) is 19.3 Å². The van der Waals surface area contributed by atoms with Gasteiger partial charge in [-0.2, -0.15) is 0 Å². The van der Waals surface area contributed by atoms with E-state index in [1.54, 1.807) is 18.2 Å². The van der Waals surface area contributed by atoms with E-state index in [1.165, 1.54) is 6.07 Å². The van der Waals surface area contributed by atoms with Crippen LogP contribution in [0, 0.1) is 16.0 Å². The Labute approximate surface area is 110 Å². The van der Waals surface area contributed by atoms with Crippen molar-refractivity contribution < 1.29 is 14.5 Å². The molecule has 1 aromatic rings. The molecule has 0 radical (unpaired) electrons. The van der Waals surface area contributed by atoms with Crippen LogP contribution >= 0.6 is 0 Å². The lowest BCUT2D eigenvalue weighted by atomic mass is 9.96. The first-order valence-electron chi connectivity index (χ1n) is 6.37. The number of nitrogens with zero attached hydrogens (tertiary/aromatic N) is 1. The maximum atomic E-state index is 11.5. The number of hydrogen-bond acceptors (Lipinski definition) is 4. The van der Waals surface area contributed by atoms with E-state index in [0.29, 0.717) is 37.7 Å². The molecule has 5 heteroatoms. The molecule has 1 aliphatic rings. The number of Topliss-reactive ketones (excluding diaryl/α,β-unsaturated/α-hetero) is 2. The number of carbonyl (C=O) groups excluding carboxylic acids is 2. The van der Waals surface area contributed by atoms with Crippen LogP contribution in [0.25, 0.3) is 0 Å². The summed E-state index contributed by atoms with van der Waals surface area (Å²) in [4.78, 5) is 33.4. The highest BCUT2D eigenvalue weighted by molar-refractivity contribution is 6.08. The summed E-state index contributed by atoms with van der Waals surface area (Å²) < 4.78 is 0. The topological polar surface area (TPSA) is 77.3 Å². The Kier molecular flexibility index (Phi) is 4.04. The monoisotopic (exact) mass is 261 g/mol. The van der Waals surface area contributed by atoms with Gasteiger partial charge in [0.05, 0.1) is 10.8 Å². The Morgan fingerprint density at radius 3 is 2.42 bits per heavy atom. The fourth-order valence-corrected chi connectivity index (χ4v) is 2.49. The first kappa shape index (κ1) is 13.4. The second-order valence-electron chi connectivity index (χ2n) is 4.76. The third-order valence-electron chi connectivity index (χ3n) is 3.52. The molecule has 0 N–H and O–H groups in total. The van der Waals surface area contributed by atoms with Crippen molar-refractivity contribution in [1.29, 1.82) is 0 Å². The molecule has 1 aromatic carbocycles. The van der Waals surface area contributed by atoms with E-state index in [-0.39, 0.29) is 17.3 Å². The average molecular weight is 261 g/mol. The Morgan fingerprint density at radius 1 is 1.16 bits per heavy atom. The lowest BCUT2D eigenvalue weighted by Crippen LogP contribution is -2.14. The van der Waals surface area contributed by atoms with E-state index in [4.69, 9.17) is 0 Å². The number of para-hydroxylation sites is 1. The number of rotatable bonds is 5. The average Bonchev–Trinajstić information content (AvgIpc) is 2.70. The first-order valence-corrected chi connectivity index (χ1v) is 6.37. The van der Waals surface area contributed by atoms with Crippen molar-refractivity contribution in [2.45, 2.75) is 32.1 Å². The number of hydrogen-bond donors (Lipinski definition) is 0. The van der Waals surface area contributed by atoms with Crippen LogP contribution in [-0.4, -0.2) is 16.5 Å². The molecule has 0 spiro atoms. The number of benzene rings is 1. The summed E-state index contributed by atoms with van der Waals surface area (Å²) >= 11 is 0. The second-order valence-corrected chi connectivity index (χ2v) is 4.76. The van der Waals surface area contributed by atoms with Gasteiger partial charge in [0.2, 0.25) is 0 Å². The smallest absolute Gasteiger partial charge is 0.272 e. The number of nitro benzene ring substituents is 1. The summed E-state index contributed by atoms with van der Waals surface area (Å²) in [7, 11) is 0. The highest BCUT2D eigenvalue weighted by Gasteiger charge is 2.32. The summed E-state index contributed by atoms with van der Waals surface area (Å²) in [6.07, 6.45) is 2.36. The summed E-state index contributed by atoms with van der Waals surface area (Å²) in [5.41, 5.74) is 0.761. The standard InChI is InChI=1S/C14H15NO4/c16-13-8-9-14(17)11(13)6-3-5-10-4-1-2-7-12(10)15(18)19/h1-2,4,7,11H,3,5-6,8-9H2. The van der Waals surface area contributed by atoms with Crippen LogP contribution in [0.4, 0.5) is 5.69 Å². The molecule has 5 nitrogen and oxygen atoms in total. The van der Waals surface area contributed by atoms with E-state index in [2.05, 4.69) is 0 Å². The Balaban J connectivity index is 1.94. The molecular weight excluding hydrogens is 246 g/mol. The van der Waals surface area contributed by atoms with Gasteiger partial charge >= 0.3 is 0 Å². The quantitative estimate of drug-likeness (QED) is 0.463. The highest BCUT2D eigenvalue weighted by atomic mass is 16.6. The van der Waals surface area contributed by atoms with Crippen LogP contribution in [0.2, 0.25) is 0 Å². The van der Waals surface area contributed by atoms with Crippen LogP contribution in [-0.2, 0) is 16.0 Å². The third-order valence-corrected chi connectivity index (χ3v) is 3.52. The van der Waals surface area contributed by atoms with Crippen molar-refractivity contribution in [1.82, 2.24) is 0 Å². The van der Waals surface area contributed by atoms with Crippen LogP contribution in [0.3, 0.4) is 0 Å². The van der Waals surface area contributed by atoms with Gasteiger partial charge in [-0.1, -0.05) is 18.2 Å². The van der Waals surface area contributed by atoms with Gasteiger partial charge in [0, 0.05) is 24.5 Å². The van der Waals surface area contributed by atoms with Gasteiger partial charge in [-0.25, -0.2) is 0 Å². The molecule has 0 unspecified atom stereocenters. The van der Waals surface area contributed by atoms with Crippen molar-refractivity contribution in [3.8, 4) is 0 Å². The zero-order valence-electron chi connectivity index (χ0n) is 10.5. The van der Waals surface area contributed by atoms with Crippen LogP contribution in [0.1, 0.15) is 31.2 Å². The molecule has 2 rings (SSSR count). The molecule has 0 bridgehead atoms. The highest BCUT2D eigenvalue weighted by Crippen LogP contribution is 2.25. The van der Waals surface area contributed by atoms with E-state index in [1.807, 2.05) is 0 Å². The largest absolute Gasteiger partial charge is 0.299 e. The van der Waals surface area contributed by atoms with Gasteiger partial charge in [0.15, 0.2) is 0 Å². The van der Waals surface area contributed by atoms with Crippen molar-refractivity contribution in [3.63, 3.8) is 0 Å². The molecule has 1 fully saturated rings. The zero-order valence-corrected chi connectivity index (χ0v) is 10.5. The van der Waals surface area contributed by atoms with Crippen LogP contribution in [0.5, 0.6) is 0 Å². The maximum absolute atomic E-state index is 11.5. The van der Waals surface area contributed by atoms with Gasteiger partial charge in [0.1, 0.15) is 11.6 Å². The van der Waals surface area contributed by atoms with Gasteiger partial charge in [-0.3, -0.25) is 19.7 Å². The fraction of sp³-hybridized carbons (Fsp3) is 0.429. The lowest BCUT2D eigenvalue weighted by molar-refractivity contribution is -0.385. The maximum Gasteiger partial charge on any atom is 0.272 e. The minimum Gasteiger partial charge on any atom is -0.299 e. The van der Waals surface area contributed by atoms with E-state index in [9.17, 15) is 19.7 Å². The third kappa shape index (κ3) is 3.05. The lowest BCUT2D eigenvalue weighted by Gasteiger charge is -2.06. The first-order chi connectivity index (χ1) is 9.09. The van der Waals surface area contributed by atoms with Crippen LogP contribution < -0.4 is 0 Å². The summed E-state index contributed by atoms with van der Waals surface area (Å²) in [6, 6.07) is 6.58. The molecule has 1 saturated carbocycles. The molecule has 0 aliphatic heterocycles. The second kappa shape index (κ2) is 5.73. The molecular formula is C14H15NO4. The van der Waals surface area contributed by atoms with Gasteiger partial charge < -0.3 is 0 Å². The predicted molar refractivity (Wildman–Crippen MR) is 68.8 cm³/mol. The molecule has 19 heavy (non-hydrogen) atoms. The fourth-order valence-electron chi connectivity index (χ4n) is 2.49. The normalized spacial score (nSPS) is 16.0. The van der Waals surface area contributed by atoms with Gasteiger partial charge in [0.25, 0.3) is 5.69 Å². The molecule has 0 amide bonds. The van der Waals surface area contributed by atoms with Crippen LogP contribution in [0.15, 0.2) is 24.3 Å².